The van der Waals surface area contributed by atoms with Crippen molar-refractivity contribution in [2.24, 2.45) is 0 Å². The molecule has 1 amide bonds. The molecule has 0 aliphatic rings. The molecule has 0 radical (unpaired) electrons. The van der Waals surface area contributed by atoms with Crippen LogP contribution in [-0.2, 0) is 4.79 Å². The Labute approximate surface area is 269 Å². The fourth-order valence-corrected chi connectivity index (χ4v) is 6.00. The quantitative estimate of drug-likeness (QED) is 0.0496. The molecule has 4 nitrogen and oxygen atoms in total. The number of aliphatic hydroxyl groups is 2. The monoisotopic (exact) mass is 608 g/mol. The second-order valence-electron chi connectivity index (χ2n) is 13.4. The molecule has 3 N–H and O–H groups in total. The van der Waals surface area contributed by atoms with Crippen molar-refractivity contribution in [1.29, 1.82) is 0 Å². The zero-order valence-electron chi connectivity index (χ0n) is 29.2. The molecule has 0 aliphatic carbocycles. The van der Waals surface area contributed by atoms with E-state index in [2.05, 4.69) is 31.3 Å². The molecule has 4 heteroatoms. The topological polar surface area (TPSA) is 69.6 Å². The molecule has 0 heterocycles. The fourth-order valence-electron chi connectivity index (χ4n) is 6.00. The maximum absolute atomic E-state index is 12.3. The summed E-state index contributed by atoms with van der Waals surface area (Å²) in [7, 11) is 0. The van der Waals surface area contributed by atoms with Crippen LogP contribution in [0.4, 0.5) is 0 Å². The second-order valence-corrected chi connectivity index (χ2v) is 13.4. The van der Waals surface area contributed by atoms with Crippen molar-refractivity contribution in [2.45, 2.75) is 225 Å². The van der Waals surface area contributed by atoms with Crippen molar-refractivity contribution in [3.05, 3.63) is 12.2 Å². The van der Waals surface area contributed by atoms with E-state index in [1.165, 1.54) is 154 Å². The maximum Gasteiger partial charge on any atom is 0.220 e. The summed E-state index contributed by atoms with van der Waals surface area (Å²) in [5.74, 6) is -0.0389. The van der Waals surface area contributed by atoms with Crippen molar-refractivity contribution in [1.82, 2.24) is 5.32 Å². The molecule has 43 heavy (non-hydrogen) atoms. The van der Waals surface area contributed by atoms with Crippen molar-refractivity contribution in [2.75, 3.05) is 6.61 Å². The van der Waals surface area contributed by atoms with Gasteiger partial charge in [0.25, 0.3) is 0 Å². The van der Waals surface area contributed by atoms with Gasteiger partial charge in [-0.3, -0.25) is 4.79 Å². The Bertz CT molecular complexity index is 579. The highest BCUT2D eigenvalue weighted by Gasteiger charge is 2.19. The summed E-state index contributed by atoms with van der Waals surface area (Å²) in [4.78, 5) is 12.3. The highest BCUT2D eigenvalue weighted by atomic mass is 16.3. The molecule has 0 bridgehead atoms. The SMILES string of the molecule is CCCCCCCCCC/C=C/CCCC[C@@H](O)[C@H](CO)NC(=O)CCCCCCCCCCCCCCCCCCC. The maximum atomic E-state index is 12.3. The summed E-state index contributed by atoms with van der Waals surface area (Å²) in [6, 6.07) is -0.546. The third-order valence-corrected chi connectivity index (χ3v) is 9.03. The Balaban J connectivity index is 3.55. The van der Waals surface area contributed by atoms with Crippen LogP contribution < -0.4 is 5.32 Å². The molecule has 0 aliphatic heterocycles. The first-order chi connectivity index (χ1) is 21.2. The largest absolute Gasteiger partial charge is 0.394 e. The van der Waals surface area contributed by atoms with Crippen LogP contribution in [0.15, 0.2) is 12.2 Å². The van der Waals surface area contributed by atoms with Gasteiger partial charge in [0.2, 0.25) is 5.91 Å². The van der Waals surface area contributed by atoms with Gasteiger partial charge in [-0.05, 0) is 38.5 Å². The van der Waals surface area contributed by atoms with Gasteiger partial charge < -0.3 is 15.5 Å². The average Bonchev–Trinajstić information content (AvgIpc) is 3.01. The van der Waals surface area contributed by atoms with Gasteiger partial charge in [-0.1, -0.05) is 180 Å². The first kappa shape index (κ1) is 42.1. The average molecular weight is 608 g/mol. The van der Waals surface area contributed by atoms with E-state index >= 15 is 0 Å². The summed E-state index contributed by atoms with van der Waals surface area (Å²) in [5, 5.41) is 23.0. The lowest BCUT2D eigenvalue weighted by Crippen LogP contribution is -2.45. The predicted octanol–water partition coefficient (Wildman–Crippen LogP) is 11.5. The normalized spacial score (nSPS) is 13.1. The van der Waals surface area contributed by atoms with Gasteiger partial charge in [0.05, 0.1) is 18.8 Å². The summed E-state index contributed by atoms with van der Waals surface area (Å²) in [6.45, 7) is 4.35. The molecule has 0 unspecified atom stereocenters. The minimum Gasteiger partial charge on any atom is -0.394 e. The molecule has 0 spiro atoms. The Morgan fingerprint density at radius 2 is 0.884 bits per heavy atom. The first-order valence-electron chi connectivity index (χ1n) is 19.4. The van der Waals surface area contributed by atoms with E-state index in [4.69, 9.17) is 0 Å². The van der Waals surface area contributed by atoms with Gasteiger partial charge in [-0.2, -0.15) is 0 Å². The van der Waals surface area contributed by atoms with E-state index in [0.29, 0.717) is 12.8 Å². The molecule has 0 fully saturated rings. The molecular weight excluding hydrogens is 530 g/mol. The van der Waals surface area contributed by atoms with Crippen LogP contribution in [0, 0.1) is 0 Å². The van der Waals surface area contributed by atoms with E-state index in [1.54, 1.807) is 0 Å². The minimum absolute atomic E-state index is 0.0389. The fraction of sp³-hybridized carbons (Fsp3) is 0.923. The first-order valence-corrected chi connectivity index (χ1v) is 19.4. The van der Waals surface area contributed by atoms with Gasteiger partial charge in [0.15, 0.2) is 0 Å². The summed E-state index contributed by atoms with van der Waals surface area (Å²) < 4.78 is 0. The smallest absolute Gasteiger partial charge is 0.220 e. The number of nitrogens with one attached hydrogen (secondary N) is 1. The van der Waals surface area contributed by atoms with Crippen molar-refractivity contribution < 1.29 is 15.0 Å². The highest BCUT2D eigenvalue weighted by Crippen LogP contribution is 2.15. The lowest BCUT2D eigenvalue weighted by atomic mass is 10.0. The van der Waals surface area contributed by atoms with Crippen LogP contribution in [0.5, 0.6) is 0 Å². The highest BCUT2D eigenvalue weighted by molar-refractivity contribution is 5.76. The molecule has 256 valence electrons. The lowest BCUT2D eigenvalue weighted by molar-refractivity contribution is -0.123. The van der Waals surface area contributed by atoms with Gasteiger partial charge in [0.1, 0.15) is 0 Å². The van der Waals surface area contributed by atoms with Crippen LogP contribution >= 0.6 is 0 Å². The zero-order chi connectivity index (χ0) is 31.5. The second kappa shape index (κ2) is 35.6. The number of hydrogen-bond acceptors (Lipinski definition) is 3. The molecule has 0 aromatic rings. The number of allylic oxidation sites excluding steroid dienone is 2. The third kappa shape index (κ3) is 32.3. The third-order valence-electron chi connectivity index (χ3n) is 9.03. The van der Waals surface area contributed by atoms with Crippen molar-refractivity contribution in [3.63, 3.8) is 0 Å². The molecule has 0 rings (SSSR count). The number of carbonyl (C=O) groups is 1. The number of carbonyl (C=O) groups excluding carboxylic acids is 1. The predicted molar refractivity (Wildman–Crippen MR) is 189 cm³/mol. The Kier molecular flexibility index (Phi) is 34.9. The number of amides is 1. The van der Waals surface area contributed by atoms with Crippen LogP contribution in [0.2, 0.25) is 0 Å². The van der Waals surface area contributed by atoms with E-state index in [9.17, 15) is 15.0 Å². The van der Waals surface area contributed by atoms with Gasteiger partial charge >= 0.3 is 0 Å². The van der Waals surface area contributed by atoms with E-state index in [0.717, 1.165) is 32.1 Å². The van der Waals surface area contributed by atoms with Crippen LogP contribution in [0.1, 0.15) is 213 Å². The van der Waals surface area contributed by atoms with Crippen LogP contribution in [0.25, 0.3) is 0 Å². The number of rotatable bonds is 35. The van der Waals surface area contributed by atoms with E-state index in [-0.39, 0.29) is 12.5 Å². The van der Waals surface area contributed by atoms with Crippen molar-refractivity contribution in [3.8, 4) is 0 Å². The summed E-state index contributed by atoms with van der Waals surface area (Å²) >= 11 is 0. The number of unbranched alkanes of at least 4 members (excludes halogenated alkanes) is 26. The Morgan fingerprint density at radius 3 is 1.28 bits per heavy atom. The Morgan fingerprint density at radius 1 is 0.535 bits per heavy atom. The van der Waals surface area contributed by atoms with Crippen molar-refractivity contribution >= 4 is 5.91 Å². The van der Waals surface area contributed by atoms with Gasteiger partial charge in [0, 0.05) is 6.42 Å². The minimum atomic E-state index is -0.675. The molecule has 0 aromatic heterocycles. The summed E-state index contributed by atoms with van der Waals surface area (Å²) in [5.41, 5.74) is 0. The van der Waals surface area contributed by atoms with Crippen LogP contribution in [-0.4, -0.2) is 34.9 Å². The Hall–Kier alpha value is -0.870. The van der Waals surface area contributed by atoms with E-state index < -0.39 is 12.1 Å². The molecule has 2 atom stereocenters. The standard InChI is InChI=1S/C39H77NO3/c1-3-5-7-9-11-13-15-17-19-20-21-23-25-27-29-31-33-35-39(43)40-37(36-41)38(42)34-32-30-28-26-24-22-18-16-14-12-10-8-6-4-2/h24,26,37-38,41-42H,3-23,25,27-36H2,1-2H3,(H,40,43)/b26-24+/t37-,38+/m0/s1. The number of aliphatic hydroxyl groups excluding tert-OH is 2. The van der Waals surface area contributed by atoms with E-state index in [1.807, 2.05) is 0 Å². The molecular formula is C39H77NO3. The van der Waals surface area contributed by atoms with Gasteiger partial charge in [-0.25, -0.2) is 0 Å². The molecule has 0 aromatic carbocycles. The lowest BCUT2D eigenvalue weighted by Gasteiger charge is -2.22. The van der Waals surface area contributed by atoms with Gasteiger partial charge in [-0.15, -0.1) is 0 Å². The number of hydrogen-bond donors (Lipinski definition) is 3. The molecule has 0 saturated heterocycles. The molecule has 0 saturated carbocycles. The van der Waals surface area contributed by atoms with Crippen LogP contribution in [0.3, 0.4) is 0 Å². The summed E-state index contributed by atoms with van der Waals surface area (Å²) in [6.07, 6.45) is 42.7. The zero-order valence-corrected chi connectivity index (χ0v) is 29.2.